The summed E-state index contributed by atoms with van der Waals surface area (Å²) in [5.74, 6) is 2.38. The van der Waals surface area contributed by atoms with E-state index in [-0.39, 0.29) is 0 Å². The molecule has 0 N–H and O–H groups in total. The maximum absolute atomic E-state index is 5.93. The molecule has 1 fully saturated rings. The number of hydrogen-bond acceptors (Lipinski definition) is 6. The van der Waals surface area contributed by atoms with Gasteiger partial charge in [0.1, 0.15) is 5.76 Å². The molecule has 1 saturated heterocycles. The van der Waals surface area contributed by atoms with Crippen molar-refractivity contribution in [2.75, 3.05) is 26.2 Å². The summed E-state index contributed by atoms with van der Waals surface area (Å²) in [6, 6.07) is 9.59. The molecule has 0 unspecified atom stereocenters. The van der Waals surface area contributed by atoms with Crippen molar-refractivity contribution in [3.63, 3.8) is 0 Å². The number of benzene rings is 1. The van der Waals surface area contributed by atoms with Crippen molar-refractivity contribution in [1.82, 2.24) is 19.9 Å². The molecule has 0 saturated carbocycles. The highest BCUT2D eigenvalue weighted by atomic mass is 35.5. The Morgan fingerprint density at radius 1 is 1.04 bits per heavy atom. The van der Waals surface area contributed by atoms with Gasteiger partial charge in [-0.05, 0) is 31.2 Å². The number of nitrogens with zero attached hydrogens (tertiary/aromatic N) is 4. The van der Waals surface area contributed by atoms with Gasteiger partial charge in [-0.1, -0.05) is 16.8 Å². The van der Waals surface area contributed by atoms with Crippen molar-refractivity contribution in [3.8, 4) is 11.3 Å². The number of aromatic nitrogens is 2. The molecule has 4 rings (SSSR count). The highest BCUT2D eigenvalue weighted by molar-refractivity contribution is 6.30. The predicted octanol–water partition coefficient (Wildman–Crippen LogP) is 3.61. The van der Waals surface area contributed by atoms with Crippen LogP contribution in [0.25, 0.3) is 11.3 Å². The molecule has 0 aliphatic carbocycles. The highest BCUT2D eigenvalue weighted by Gasteiger charge is 2.20. The standard InChI is InChI=1S/C19H21ClN4O2/c1-14-10-17(22-26-14)12-23-6-8-24(9-7-23)13-19-21-11-18(25-19)15-2-4-16(20)5-3-15/h2-5,10-11H,6-9,12-13H2,1H3. The Morgan fingerprint density at radius 2 is 1.73 bits per heavy atom. The lowest BCUT2D eigenvalue weighted by Crippen LogP contribution is -2.45. The summed E-state index contributed by atoms with van der Waals surface area (Å²) in [6.45, 7) is 7.44. The first-order valence-electron chi connectivity index (χ1n) is 8.73. The molecule has 136 valence electrons. The first-order valence-corrected chi connectivity index (χ1v) is 9.11. The van der Waals surface area contributed by atoms with Gasteiger partial charge in [-0.2, -0.15) is 0 Å². The SMILES string of the molecule is Cc1cc(CN2CCN(Cc3ncc(-c4ccc(Cl)cc4)o3)CC2)no1. The van der Waals surface area contributed by atoms with E-state index in [2.05, 4.69) is 19.9 Å². The van der Waals surface area contributed by atoms with Crippen LogP contribution < -0.4 is 0 Å². The van der Waals surface area contributed by atoms with Crippen LogP contribution in [-0.2, 0) is 13.1 Å². The minimum absolute atomic E-state index is 0.715. The summed E-state index contributed by atoms with van der Waals surface area (Å²) in [6.07, 6.45) is 1.78. The fraction of sp³-hybridized carbons (Fsp3) is 0.368. The number of aryl methyl sites for hydroxylation is 1. The number of rotatable bonds is 5. The van der Waals surface area contributed by atoms with Crippen LogP contribution in [0.2, 0.25) is 5.02 Å². The molecule has 3 aromatic rings. The number of halogens is 1. The van der Waals surface area contributed by atoms with E-state index >= 15 is 0 Å². The van der Waals surface area contributed by atoms with Gasteiger partial charge in [0.15, 0.2) is 5.76 Å². The lowest BCUT2D eigenvalue weighted by Gasteiger charge is -2.33. The zero-order chi connectivity index (χ0) is 17.9. The summed E-state index contributed by atoms with van der Waals surface area (Å²) >= 11 is 5.93. The molecule has 2 aromatic heterocycles. The Balaban J connectivity index is 1.30. The Morgan fingerprint density at radius 3 is 2.38 bits per heavy atom. The Kier molecular flexibility index (Phi) is 5.06. The van der Waals surface area contributed by atoms with Crippen LogP contribution in [0.4, 0.5) is 0 Å². The number of piperazine rings is 1. The van der Waals surface area contributed by atoms with Crippen LogP contribution in [0, 0.1) is 6.92 Å². The third kappa shape index (κ3) is 4.15. The molecule has 3 heterocycles. The normalized spacial score (nSPS) is 16.2. The molecule has 26 heavy (non-hydrogen) atoms. The van der Waals surface area contributed by atoms with E-state index in [1.165, 1.54) is 0 Å². The van der Waals surface area contributed by atoms with Crippen molar-refractivity contribution in [1.29, 1.82) is 0 Å². The summed E-state index contributed by atoms with van der Waals surface area (Å²) in [7, 11) is 0. The molecule has 6 nitrogen and oxygen atoms in total. The largest absolute Gasteiger partial charge is 0.439 e. The minimum atomic E-state index is 0.715. The molecule has 0 radical (unpaired) electrons. The van der Waals surface area contributed by atoms with Crippen LogP contribution >= 0.6 is 11.6 Å². The fourth-order valence-corrected chi connectivity index (χ4v) is 3.28. The molecular weight excluding hydrogens is 352 g/mol. The summed E-state index contributed by atoms with van der Waals surface area (Å²) in [4.78, 5) is 9.18. The van der Waals surface area contributed by atoms with Crippen molar-refractivity contribution in [3.05, 3.63) is 58.9 Å². The molecule has 0 bridgehead atoms. The van der Waals surface area contributed by atoms with Crippen molar-refractivity contribution < 1.29 is 8.94 Å². The van der Waals surface area contributed by atoms with Gasteiger partial charge >= 0.3 is 0 Å². The number of hydrogen-bond donors (Lipinski definition) is 0. The molecule has 0 atom stereocenters. The van der Waals surface area contributed by atoms with Crippen molar-refractivity contribution >= 4 is 11.6 Å². The first kappa shape index (κ1) is 17.3. The average molecular weight is 373 g/mol. The Labute approximate surface area is 157 Å². The summed E-state index contributed by atoms with van der Waals surface area (Å²) < 4.78 is 11.0. The second-order valence-corrected chi connectivity index (χ2v) is 7.04. The van der Waals surface area contributed by atoms with Crippen LogP contribution in [-0.4, -0.2) is 46.1 Å². The van der Waals surface area contributed by atoms with E-state index in [1.807, 2.05) is 37.3 Å². The van der Waals surface area contributed by atoms with E-state index in [1.54, 1.807) is 6.20 Å². The van der Waals surface area contributed by atoms with Crippen molar-refractivity contribution in [2.24, 2.45) is 0 Å². The average Bonchev–Trinajstić information content (AvgIpc) is 3.26. The monoisotopic (exact) mass is 372 g/mol. The molecule has 0 amide bonds. The second kappa shape index (κ2) is 7.61. The van der Waals surface area contributed by atoms with Crippen LogP contribution in [0.5, 0.6) is 0 Å². The zero-order valence-electron chi connectivity index (χ0n) is 14.7. The van der Waals surface area contributed by atoms with Gasteiger partial charge in [-0.25, -0.2) is 4.98 Å². The van der Waals surface area contributed by atoms with Gasteiger partial charge in [0.05, 0.1) is 18.4 Å². The third-order valence-electron chi connectivity index (χ3n) is 4.57. The molecule has 1 aliphatic heterocycles. The van der Waals surface area contributed by atoms with Gasteiger partial charge < -0.3 is 8.94 Å². The quantitative estimate of drug-likeness (QED) is 0.682. The van der Waals surface area contributed by atoms with E-state index < -0.39 is 0 Å². The Bertz CT molecular complexity index is 851. The smallest absolute Gasteiger partial charge is 0.209 e. The topological polar surface area (TPSA) is 58.5 Å². The summed E-state index contributed by atoms with van der Waals surface area (Å²) in [5, 5.41) is 4.79. The van der Waals surface area contributed by atoms with Crippen molar-refractivity contribution in [2.45, 2.75) is 20.0 Å². The minimum Gasteiger partial charge on any atom is -0.439 e. The molecule has 0 spiro atoms. The van der Waals surface area contributed by atoms with Gasteiger partial charge in [0.25, 0.3) is 0 Å². The van der Waals surface area contributed by atoms with Gasteiger partial charge in [-0.3, -0.25) is 9.80 Å². The van der Waals surface area contributed by atoms with E-state index in [4.69, 9.17) is 20.5 Å². The van der Waals surface area contributed by atoms with Crippen LogP contribution in [0.15, 0.2) is 45.5 Å². The predicted molar refractivity (Wildman–Crippen MR) is 98.7 cm³/mol. The van der Waals surface area contributed by atoms with Gasteiger partial charge in [0.2, 0.25) is 5.89 Å². The Hall–Kier alpha value is -2.15. The summed E-state index contributed by atoms with van der Waals surface area (Å²) in [5.41, 5.74) is 1.98. The van der Waals surface area contributed by atoms with Gasteiger partial charge in [0, 0.05) is 49.4 Å². The third-order valence-corrected chi connectivity index (χ3v) is 4.82. The first-order chi connectivity index (χ1) is 12.7. The maximum atomic E-state index is 5.93. The second-order valence-electron chi connectivity index (χ2n) is 6.61. The molecule has 7 heteroatoms. The zero-order valence-corrected chi connectivity index (χ0v) is 15.4. The van der Waals surface area contributed by atoms with E-state index in [9.17, 15) is 0 Å². The molecule has 1 aliphatic rings. The van der Waals surface area contributed by atoms with Crippen LogP contribution in [0.3, 0.4) is 0 Å². The van der Waals surface area contributed by atoms with E-state index in [0.717, 1.165) is 67.9 Å². The lowest BCUT2D eigenvalue weighted by molar-refractivity contribution is 0.113. The van der Waals surface area contributed by atoms with Crippen LogP contribution in [0.1, 0.15) is 17.3 Å². The highest BCUT2D eigenvalue weighted by Crippen LogP contribution is 2.23. The molecular formula is C19H21ClN4O2. The maximum Gasteiger partial charge on any atom is 0.209 e. The van der Waals surface area contributed by atoms with Gasteiger partial charge in [-0.15, -0.1) is 0 Å². The fourth-order valence-electron chi connectivity index (χ4n) is 3.15. The molecule has 1 aromatic carbocycles. The van der Waals surface area contributed by atoms with E-state index in [0.29, 0.717) is 5.02 Å². The lowest BCUT2D eigenvalue weighted by atomic mass is 10.2. The number of oxazole rings is 1.